The first kappa shape index (κ1) is 21.9. The molecular formula is C24H25N5O2S2. The number of carbonyl (C=O) groups excluding carboxylic acids is 1. The number of para-hydroxylation sites is 1. The Hall–Kier alpha value is -2.91. The van der Waals surface area contributed by atoms with Crippen LogP contribution in [0.4, 0.5) is 0 Å². The first-order chi connectivity index (χ1) is 16.1. The third-order valence-corrected chi connectivity index (χ3v) is 8.11. The molecule has 9 heteroatoms. The van der Waals surface area contributed by atoms with Crippen LogP contribution in [0.2, 0.25) is 0 Å². The Kier molecular flexibility index (Phi) is 6.32. The van der Waals surface area contributed by atoms with Crippen molar-refractivity contribution in [1.29, 1.82) is 0 Å². The SMILES string of the molecule is C=CCn1c(SCC(=O)N2CCC(c3nc4ccccc4s3)CC2)nnc1-c1ccoc1C. The van der Waals surface area contributed by atoms with Crippen LogP contribution >= 0.6 is 23.1 Å². The van der Waals surface area contributed by atoms with Crippen LogP contribution in [0.5, 0.6) is 0 Å². The van der Waals surface area contributed by atoms with Crippen LogP contribution in [0.25, 0.3) is 21.6 Å². The number of benzene rings is 1. The Morgan fingerprint density at radius 3 is 2.82 bits per heavy atom. The first-order valence-corrected chi connectivity index (χ1v) is 12.8. The Morgan fingerprint density at radius 1 is 1.27 bits per heavy atom. The highest BCUT2D eigenvalue weighted by Crippen LogP contribution is 2.34. The third kappa shape index (κ3) is 4.47. The molecule has 0 radical (unpaired) electrons. The number of furan rings is 1. The molecule has 170 valence electrons. The molecule has 0 N–H and O–H groups in total. The molecule has 0 unspecified atom stereocenters. The van der Waals surface area contributed by atoms with Crippen LogP contribution in [0, 0.1) is 6.92 Å². The molecule has 0 bridgehead atoms. The van der Waals surface area contributed by atoms with Gasteiger partial charge in [0.05, 0.1) is 32.8 Å². The Morgan fingerprint density at radius 2 is 2.09 bits per heavy atom. The lowest BCUT2D eigenvalue weighted by atomic mass is 9.97. The summed E-state index contributed by atoms with van der Waals surface area (Å²) >= 11 is 3.20. The molecule has 1 aromatic carbocycles. The van der Waals surface area contributed by atoms with Gasteiger partial charge in [-0.3, -0.25) is 9.36 Å². The van der Waals surface area contributed by atoms with Gasteiger partial charge in [-0.1, -0.05) is 30.0 Å². The fraction of sp³-hybridized carbons (Fsp3) is 0.333. The molecular weight excluding hydrogens is 454 g/mol. The number of amides is 1. The number of fused-ring (bicyclic) bond motifs is 1. The van der Waals surface area contributed by atoms with E-state index in [-0.39, 0.29) is 5.91 Å². The summed E-state index contributed by atoms with van der Waals surface area (Å²) in [7, 11) is 0. The quantitative estimate of drug-likeness (QED) is 0.270. The molecule has 1 aliphatic heterocycles. The van der Waals surface area contributed by atoms with E-state index < -0.39 is 0 Å². The van der Waals surface area contributed by atoms with Crippen LogP contribution in [-0.4, -0.2) is 49.4 Å². The Balaban J connectivity index is 1.20. The minimum Gasteiger partial charge on any atom is -0.469 e. The number of rotatable bonds is 7. The lowest BCUT2D eigenvalue weighted by Crippen LogP contribution is -2.39. The number of thioether (sulfide) groups is 1. The topological polar surface area (TPSA) is 77.1 Å². The van der Waals surface area contributed by atoms with Crippen molar-refractivity contribution in [2.24, 2.45) is 0 Å². The van der Waals surface area contributed by atoms with Gasteiger partial charge in [0.15, 0.2) is 11.0 Å². The van der Waals surface area contributed by atoms with E-state index in [2.05, 4.69) is 35.0 Å². The van der Waals surface area contributed by atoms with Gasteiger partial charge in [-0.2, -0.15) is 0 Å². The molecule has 0 spiro atoms. The number of piperidine rings is 1. The summed E-state index contributed by atoms with van der Waals surface area (Å²) in [5.74, 6) is 2.42. The summed E-state index contributed by atoms with van der Waals surface area (Å²) in [4.78, 5) is 19.7. The third-order valence-electron chi connectivity index (χ3n) is 5.96. The predicted octanol–water partition coefficient (Wildman–Crippen LogP) is 5.14. The van der Waals surface area contributed by atoms with Gasteiger partial charge in [0, 0.05) is 25.6 Å². The van der Waals surface area contributed by atoms with E-state index in [1.54, 1.807) is 23.7 Å². The van der Waals surface area contributed by atoms with Crippen molar-refractivity contribution in [3.63, 3.8) is 0 Å². The normalized spacial score (nSPS) is 14.8. The summed E-state index contributed by atoms with van der Waals surface area (Å²) in [6.45, 7) is 7.84. The monoisotopic (exact) mass is 479 g/mol. The Bertz CT molecular complexity index is 1250. The lowest BCUT2D eigenvalue weighted by molar-refractivity contribution is -0.129. The van der Waals surface area contributed by atoms with Gasteiger partial charge in [-0.05, 0) is 38.0 Å². The maximum Gasteiger partial charge on any atom is 0.233 e. The summed E-state index contributed by atoms with van der Waals surface area (Å²) in [6, 6.07) is 10.2. The van der Waals surface area contributed by atoms with Crippen molar-refractivity contribution in [2.45, 2.75) is 37.4 Å². The standard InChI is InChI=1S/C24H25N5O2S2/c1-3-11-29-22(18-10-14-31-16(18)2)26-27-24(29)32-15-21(30)28-12-8-17(9-13-28)23-25-19-6-4-5-7-20(19)33-23/h3-7,10,14,17H,1,8-9,11-13,15H2,2H3. The zero-order chi connectivity index (χ0) is 22.8. The van der Waals surface area contributed by atoms with E-state index >= 15 is 0 Å². The highest BCUT2D eigenvalue weighted by atomic mass is 32.2. The van der Waals surface area contributed by atoms with Crippen molar-refractivity contribution in [2.75, 3.05) is 18.8 Å². The number of aromatic nitrogens is 4. The van der Waals surface area contributed by atoms with Gasteiger partial charge in [0.2, 0.25) is 5.91 Å². The molecule has 1 saturated heterocycles. The van der Waals surface area contributed by atoms with Crippen molar-refractivity contribution >= 4 is 39.2 Å². The lowest BCUT2D eigenvalue weighted by Gasteiger charge is -2.31. The van der Waals surface area contributed by atoms with Crippen LogP contribution in [0.15, 0.2) is 58.8 Å². The number of aryl methyl sites for hydroxylation is 1. The molecule has 4 heterocycles. The van der Waals surface area contributed by atoms with Gasteiger partial charge < -0.3 is 9.32 Å². The van der Waals surface area contributed by atoms with E-state index in [4.69, 9.17) is 9.40 Å². The van der Waals surface area contributed by atoms with Gasteiger partial charge in [-0.25, -0.2) is 4.98 Å². The molecule has 1 fully saturated rings. The highest BCUT2D eigenvalue weighted by molar-refractivity contribution is 7.99. The Labute approximate surface area is 200 Å². The minimum atomic E-state index is 0.136. The molecule has 1 aliphatic rings. The highest BCUT2D eigenvalue weighted by Gasteiger charge is 2.26. The summed E-state index contributed by atoms with van der Waals surface area (Å²) in [5.41, 5.74) is 1.97. The van der Waals surface area contributed by atoms with Crippen LogP contribution in [0.1, 0.15) is 29.5 Å². The van der Waals surface area contributed by atoms with E-state index in [9.17, 15) is 4.79 Å². The molecule has 0 atom stereocenters. The molecule has 7 nitrogen and oxygen atoms in total. The van der Waals surface area contributed by atoms with Gasteiger partial charge in [0.1, 0.15) is 5.76 Å². The largest absolute Gasteiger partial charge is 0.469 e. The zero-order valence-electron chi connectivity index (χ0n) is 18.4. The van der Waals surface area contributed by atoms with Crippen LogP contribution in [0.3, 0.4) is 0 Å². The molecule has 3 aromatic heterocycles. The number of likely N-dealkylation sites (tertiary alicyclic amines) is 1. The second-order valence-corrected chi connectivity index (χ2v) is 10.1. The van der Waals surface area contributed by atoms with Crippen molar-refractivity contribution < 1.29 is 9.21 Å². The number of thiazole rings is 1. The fourth-order valence-corrected chi connectivity index (χ4v) is 6.15. The second-order valence-electron chi connectivity index (χ2n) is 8.06. The smallest absolute Gasteiger partial charge is 0.233 e. The number of hydrogen-bond acceptors (Lipinski definition) is 7. The van der Waals surface area contributed by atoms with Gasteiger partial charge in [0.25, 0.3) is 0 Å². The fourth-order valence-electron chi connectivity index (χ4n) is 4.16. The number of hydrogen-bond donors (Lipinski definition) is 0. The molecule has 1 amide bonds. The summed E-state index contributed by atoms with van der Waals surface area (Å²) in [5, 5.41) is 10.6. The molecule has 33 heavy (non-hydrogen) atoms. The first-order valence-electron chi connectivity index (χ1n) is 11.0. The summed E-state index contributed by atoms with van der Waals surface area (Å²) in [6.07, 6.45) is 5.35. The van der Waals surface area contributed by atoms with E-state index in [0.717, 1.165) is 48.6 Å². The van der Waals surface area contributed by atoms with Crippen molar-refractivity contribution in [3.8, 4) is 11.4 Å². The summed E-state index contributed by atoms with van der Waals surface area (Å²) < 4.78 is 8.63. The molecule has 5 rings (SSSR count). The van der Waals surface area contributed by atoms with Crippen LogP contribution in [-0.2, 0) is 11.3 Å². The number of carbonyl (C=O) groups is 1. The average molecular weight is 480 g/mol. The van der Waals surface area contributed by atoms with Gasteiger partial charge in [-0.15, -0.1) is 28.1 Å². The maximum atomic E-state index is 12.9. The van der Waals surface area contributed by atoms with Crippen molar-refractivity contribution in [1.82, 2.24) is 24.6 Å². The molecule has 0 saturated carbocycles. The number of nitrogens with zero attached hydrogens (tertiary/aromatic N) is 5. The van der Waals surface area contributed by atoms with E-state index in [1.807, 2.05) is 28.5 Å². The van der Waals surface area contributed by atoms with Crippen molar-refractivity contribution in [3.05, 3.63) is 60.0 Å². The number of allylic oxidation sites excluding steroid dienone is 1. The average Bonchev–Trinajstić information content (AvgIpc) is 3.56. The second kappa shape index (κ2) is 9.52. The van der Waals surface area contributed by atoms with E-state index in [0.29, 0.717) is 23.4 Å². The van der Waals surface area contributed by atoms with E-state index in [1.165, 1.54) is 21.5 Å². The molecule has 0 aliphatic carbocycles. The predicted molar refractivity (Wildman–Crippen MR) is 132 cm³/mol. The van der Waals surface area contributed by atoms with Crippen LogP contribution < -0.4 is 0 Å². The zero-order valence-corrected chi connectivity index (χ0v) is 20.1. The van der Waals surface area contributed by atoms with Gasteiger partial charge >= 0.3 is 0 Å². The minimum absolute atomic E-state index is 0.136. The maximum absolute atomic E-state index is 12.9. The molecule has 4 aromatic rings.